The maximum absolute atomic E-state index is 4.07. The fourth-order valence-electron chi connectivity index (χ4n) is 2.40. The Bertz CT molecular complexity index is 702. The van der Waals surface area contributed by atoms with Crippen LogP contribution in [0.2, 0.25) is 0 Å². The van der Waals surface area contributed by atoms with Crippen LogP contribution in [0.3, 0.4) is 0 Å². The molecule has 106 valence electrons. The van der Waals surface area contributed by atoms with E-state index in [1.54, 1.807) is 6.20 Å². The molecular formula is C18H19N3. The number of rotatable bonds is 5. The average molecular weight is 277 g/mol. The van der Waals surface area contributed by atoms with Crippen molar-refractivity contribution in [3.63, 3.8) is 0 Å². The van der Waals surface area contributed by atoms with Crippen LogP contribution >= 0.6 is 0 Å². The Morgan fingerprint density at radius 3 is 2.71 bits per heavy atom. The zero-order chi connectivity index (χ0) is 14.5. The molecule has 2 aromatic carbocycles. The van der Waals surface area contributed by atoms with Gasteiger partial charge in [0.25, 0.3) is 0 Å². The third-order valence-corrected chi connectivity index (χ3v) is 3.43. The molecule has 1 N–H and O–H groups in total. The first kappa shape index (κ1) is 13.4. The number of benzene rings is 2. The van der Waals surface area contributed by atoms with E-state index in [-0.39, 0.29) is 0 Å². The summed E-state index contributed by atoms with van der Waals surface area (Å²) in [5.74, 6) is 0. The number of nitrogens with one attached hydrogen (secondary N) is 1. The van der Waals surface area contributed by atoms with Gasteiger partial charge in [0, 0.05) is 31.2 Å². The molecule has 0 amide bonds. The smallest absolute Gasteiger partial charge is 0.0949 e. The molecule has 3 rings (SSSR count). The summed E-state index contributed by atoms with van der Waals surface area (Å²) in [5, 5.41) is 3.48. The third-order valence-electron chi connectivity index (χ3n) is 3.43. The summed E-state index contributed by atoms with van der Waals surface area (Å²) in [6.07, 6.45) is 5.62. The first-order valence-electron chi connectivity index (χ1n) is 7.14. The Balaban J connectivity index is 1.66. The molecule has 0 atom stereocenters. The third kappa shape index (κ3) is 3.72. The largest absolute Gasteiger partial charge is 0.381 e. The van der Waals surface area contributed by atoms with E-state index in [2.05, 4.69) is 70.3 Å². The fraction of sp³-hybridized carbons (Fsp3) is 0.167. The monoisotopic (exact) mass is 277 g/mol. The summed E-state index contributed by atoms with van der Waals surface area (Å²) in [6.45, 7) is 3.81. The summed E-state index contributed by atoms with van der Waals surface area (Å²) in [5.41, 5.74) is 5.01. The van der Waals surface area contributed by atoms with Crippen LogP contribution in [0.4, 0.5) is 5.69 Å². The van der Waals surface area contributed by atoms with Crippen LogP contribution in [0.5, 0.6) is 0 Å². The SMILES string of the molecule is Cc1cccc(CNc2cccc(Cn3ccnc3)c2)c1. The van der Waals surface area contributed by atoms with Gasteiger partial charge in [-0.25, -0.2) is 4.98 Å². The second-order valence-corrected chi connectivity index (χ2v) is 5.28. The van der Waals surface area contributed by atoms with E-state index >= 15 is 0 Å². The van der Waals surface area contributed by atoms with Crippen LogP contribution in [-0.2, 0) is 13.1 Å². The first-order chi connectivity index (χ1) is 10.3. The highest BCUT2D eigenvalue weighted by Gasteiger charge is 1.98. The number of hydrogen-bond donors (Lipinski definition) is 1. The maximum Gasteiger partial charge on any atom is 0.0949 e. The number of anilines is 1. The van der Waals surface area contributed by atoms with Gasteiger partial charge in [-0.05, 0) is 30.2 Å². The van der Waals surface area contributed by atoms with Crippen LogP contribution in [0.25, 0.3) is 0 Å². The van der Waals surface area contributed by atoms with Crippen molar-refractivity contribution in [2.24, 2.45) is 0 Å². The van der Waals surface area contributed by atoms with Gasteiger partial charge in [0.05, 0.1) is 6.33 Å². The number of nitrogens with zero attached hydrogens (tertiary/aromatic N) is 2. The average Bonchev–Trinajstić information content (AvgIpc) is 2.99. The van der Waals surface area contributed by atoms with Gasteiger partial charge in [-0.1, -0.05) is 42.0 Å². The standard InChI is InChI=1S/C18H19N3/c1-15-4-2-5-16(10-15)12-20-18-7-3-6-17(11-18)13-21-9-8-19-14-21/h2-11,14,20H,12-13H2,1H3. The van der Waals surface area contributed by atoms with Crippen molar-refractivity contribution in [1.82, 2.24) is 9.55 Å². The van der Waals surface area contributed by atoms with Gasteiger partial charge in [-0.2, -0.15) is 0 Å². The van der Waals surface area contributed by atoms with E-state index in [4.69, 9.17) is 0 Å². The normalized spacial score (nSPS) is 10.5. The molecule has 0 unspecified atom stereocenters. The molecule has 0 saturated heterocycles. The molecule has 0 spiro atoms. The minimum atomic E-state index is 0.843. The van der Waals surface area contributed by atoms with Gasteiger partial charge in [0.1, 0.15) is 0 Å². The van der Waals surface area contributed by atoms with E-state index in [1.165, 1.54) is 16.7 Å². The topological polar surface area (TPSA) is 29.9 Å². The highest BCUT2D eigenvalue weighted by molar-refractivity contribution is 5.46. The van der Waals surface area contributed by atoms with Gasteiger partial charge in [-0.15, -0.1) is 0 Å². The highest BCUT2D eigenvalue weighted by atomic mass is 15.0. The molecule has 0 aliphatic heterocycles. The first-order valence-corrected chi connectivity index (χ1v) is 7.14. The molecule has 0 saturated carbocycles. The predicted molar refractivity (Wildman–Crippen MR) is 86.3 cm³/mol. The van der Waals surface area contributed by atoms with E-state index in [0.29, 0.717) is 0 Å². The summed E-state index contributed by atoms with van der Waals surface area (Å²) < 4.78 is 2.07. The van der Waals surface area contributed by atoms with Gasteiger partial charge in [0.2, 0.25) is 0 Å². The lowest BCUT2D eigenvalue weighted by molar-refractivity contribution is 0.797. The Labute approximate surface area is 125 Å². The van der Waals surface area contributed by atoms with E-state index in [9.17, 15) is 0 Å². The Morgan fingerprint density at radius 2 is 1.90 bits per heavy atom. The highest BCUT2D eigenvalue weighted by Crippen LogP contribution is 2.14. The zero-order valence-corrected chi connectivity index (χ0v) is 12.2. The number of aromatic nitrogens is 2. The lowest BCUT2D eigenvalue weighted by atomic mass is 10.1. The molecule has 1 heterocycles. The molecule has 3 heteroatoms. The van der Waals surface area contributed by atoms with Crippen LogP contribution in [0.15, 0.2) is 67.3 Å². The minimum Gasteiger partial charge on any atom is -0.381 e. The summed E-state index contributed by atoms with van der Waals surface area (Å²) in [7, 11) is 0. The van der Waals surface area contributed by atoms with E-state index < -0.39 is 0 Å². The quantitative estimate of drug-likeness (QED) is 0.767. The second kappa shape index (κ2) is 6.27. The van der Waals surface area contributed by atoms with Crippen molar-refractivity contribution in [2.75, 3.05) is 5.32 Å². The van der Waals surface area contributed by atoms with Crippen LogP contribution in [0.1, 0.15) is 16.7 Å². The summed E-state index contributed by atoms with van der Waals surface area (Å²) in [4.78, 5) is 4.07. The van der Waals surface area contributed by atoms with Crippen molar-refractivity contribution >= 4 is 5.69 Å². The number of aryl methyl sites for hydroxylation is 1. The maximum atomic E-state index is 4.07. The molecule has 3 aromatic rings. The number of hydrogen-bond acceptors (Lipinski definition) is 2. The fourth-order valence-corrected chi connectivity index (χ4v) is 2.40. The van der Waals surface area contributed by atoms with E-state index in [1.807, 2.05) is 12.5 Å². The molecule has 3 nitrogen and oxygen atoms in total. The van der Waals surface area contributed by atoms with Gasteiger partial charge in [-0.3, -0.25) is 0 Å². The molecule has 0 aliphatic rings. The van der Waals surface area contributed by atoms with Gasteiger partial charge < -0.3 is 9.88 Å². The van der Waals surface area contributed by atoms with Gasteiger partial charge >= 0.3 is 0 Å². The molecule has 0 radical (unpaired) electrons. The van der Waals surface area contributed by atoms with Crippen LogP contribution in [-0.4, -0.2) is 9.55 Å². The number of imidazole rings is 1. The predicted octanol–water partition coefficient (Wildman–Crippen LogP) is 3.85. The van der Waals surface area contributed by atoms with E-state index in [0.717, 1.165) is 18.8 Å². The molecule has 0 fully saturated rings. The van der Waals surface area contributed by atoms with Crippen molar-refractivity contribution in [1.29, 1.82) is 0 Å². The summed E-state index contributed by atoms with van der Waals surface area (Å²) >= 11 is 0. The molecule has 0 bridgehead atoms. The van der Waals surface area contributed by atoms with Crippen LogP contribution < -0.4 is 5.32 Å². The van der Waals surface area contributed by atoms with Gasteiger partial charge in [0.15, 0.2) is 0 Å². The molecule has 1 aromatic heterocycles. The molecule has 21 heavy (non-hydrogen) atoms. The molecule has 0 aliphatic carbocycles. The Kier molecular flexibility index (Phi) is 4.01. The van der Waals surface area contributed by atoms with Crippen molar-refractivity contribution in [2.45, 2.75) is 20.0 Å². The van der Waals surface area contributed by atoms with Crippen LogP contribution in [0, 0.1) is 6.92 Å². The lowest BCUT2D eigenvalue weighted by Gasteiger charge is -2.09. The van der Waals surface area contributed by atoms with Crippen molar-refractivity contribution in [3.05, 3.63) is 83.9 Å². The van der Waals surface area contributed by atoms with Crippen molar-refractivity contribution < 1.29 is 0 Å². The lowest BCUT2D eigenvalue weighted by Crippen LogP contribution is -2.01. The Morgan fingerprint density at radius 1 is 1.05 bits per heavy atom. The van der Waals surface area contributed by atoms with Crippen molar-refractivity contribution in [3.8, 4) is 0 Å². The minimum absolute atomic E-state index is 0.843. The summed E-state index contributed by atoms with van der Waals surface area (Å²) in [6, 6.07) is 17.1. The second-order valence-electron chi connectivity index (χ2n) is 5.28. The zero-order valence-electron chi connectivity index (χ0n) is 12.2. The Hall–Kier alpha value is -2.55. The molecular weight excluding hydrogens is 258 g/mol.